The third kappa shape index (κ3) is 4.46. The molecule has 5 rings (SSSR count). The van der Waals surface area contributed by atoms with Crippen molar-refractivity contribution in [3.63, 3.8) is 0 Å². The van der Waals surface area contributed by atoms with Gasteiger partial charge in [0.05, 0.1) is 36.3 Å². The van der Waals surface area contributed by atoms with Crippen molar-refractivity contribution in [2.75, 3.05) is 33.3 Å². The van der Waals surface area contributed by atoms with E-state index < -0.39 is 5.60 Å². The molecule has 176 valence electrons. The molecule has 0 saturated carbocycles. The molecular formula is C24H30ClN5O3. The Morgan fingerprint density at radius 3 is 2.67 bits per heavy atom. The highest BCUT2D eigenvalue weighted by atomic mass is 35.5. The number of benzene rings is 1. The van der Waals surface area contributed by atoms with Gasteiger partial charge in [-0.1, -0.05) is 23.7 Å². The molecule has 0 amide bonds. The van der Waals surface area contributed by atoms with E-state index in [1.165, 1.54) is 10.9 Å². The molecule has 2 atom stereocenters. The highest BCUT2D eigenvalue weighted by Gasteiger charge is 2.32. The van der Waals surface area contributed by atoms with Gasteiger partial charge < -0.3 is 20.1 Å². The number of likely N-dealkylation sites (tertiary alicyclic amines) is 1. The summed E-state index contributed by atoms with van der Waals surface area (Å²) in [5.74, 6) is 0. The van der Waals surface area contributed by atoms with E-state index in [2.05, 4.69) is 22.1 Å². The van der Waals surface area contributed by atoms with Gasteiger partial charge in [0.1, 0.15) is 11.5 Å². The van der Waals surface area contributed by atoms with Crippen LogP contribution in [0.2, 0.25) is 5.15 Å². The number of nitrogens with one attached hydrogen (secondary N) is 1. The first kappa shape index (κ1) is 22.6. The first-order valence-electron chi connectivity index (χ1n) is 11.5. The second-order valence-corrected chi connectivity index (χ2v) is 9.83. The normalized spacial score (nSPS) is 23.8. The minimum Gasteiger partial charge on any atom is -0.388 e. The molecule has 2 aromatic heterocycles. The molecule has 2 saturated heterocycles. The summed E-state index contributed by atoms with van der Waals surface area (Å²) in [6.45, 7) is 5.36. The van der Waals surface area contributed by atoms with Crippen molar-refractivity contribution in [2.24, 2.45) is 0 Å². The van der Waals surface area contributed by atoms with E-state index in [1.807, 2.05) is 31.3 Å². The van der Waals surface area contributed by atoms with Gasteiger partial charge >= 0.3 is 0 Å². The van der Waals surface area contributed by atoms with Crippen LogP contribution in [0, 0.1) is 0 Å². The van der Waals surface area contributed by atoms with E-state index in [0.717, 1.165) is 30.9 Å². The zero-order valence-corrected chi connectivity index (χ0v) is 19.8. The quantitative estimate of drug-likeness (QED) is 0.607. The average Bonchev–Trinajstić information content (AvgIpc) is 3.15. The van der Waals surface area contributed by atoms with Crippen LogP contribution in [0.3, 0.4) is 0 Å². The van der Waals surface area contributed by atoms with Crippen LogP contribution >= 0.6 is 11.6 Å². The van der Waals surface area contributed by atoms with Crippen LogP contribution in [0.1, 0.15) is 31.4 Å². The average molecular weight is 472 g/mol. The highest BCUT2D eigenvalue weighted by molar-refractivity contribution is 6.31. The van der Waals surface area contributed by atoms with Crippen molar-refractivity contribution in [2.45, 2.75) is 44.1 Å². The molecular weight excluding hydrogens is 442 g/mol. The second kappa shape index (κ2) is 8.85. The maximum atomic E-state index is 13.2. The van der Waals surface area contributed by atoms with E-state index in [9.17, 15) is 9.90 Å². The zero-order chi connectivity index (χ0) is 23.2. The molecule has 0 bridgehead atoms. The van der Waals surface area contributed by atoms with Gasteiger partial charge in [0.15, 0.2) is 5.65 Å². The number of ether oxygens (including phenoxy) is 1. The fourth-order valence-electron chi connectivity index (χ4n) is 4.71. The first-order valence-corrected chi connectivity index (χ1v) is 11.8. The molecule has 8 nitrogen and oxygen atoms in total. The van der Waals surface area contributed by atoms with Crippen molar-refractivity contribution < 1.29 is 9.84 Å². The maximum absolute atomic E-state index is 13.2. The third-order valence-electron chi connectivity index (χ3n) is 6.88. The molecule has 0 radical (unpaired) electrons. The molecule has 2 N–H and O–H groups in total. The van der Waals surface area contributed by atoms with Gasteiger partial charge in [-0.2, -0.15) is 0 Å². The molecule has 1 aromatic carbocycles. The lowest BCUT2D eigenvalue weighted by molar-refractivity contribution is -0.0298. The standard InChI is InChI=1S/C24H30ClN5O3/c1-16-12-26-20(13-33-16)17-3-5-18(6-4-17)30-21(25)11-19-22(30)27-15-29(23(19)31)14-24(32)7-9-28(2)10-8-24/h3-6,11,15-16,20,26,32H,7-10,12-14H2,1-2H3/t16-,20+/m1/s1. The van der Waals surface area contributed by atoms with E-state index in [4.69, 9.17) is 16.3 Å². The minimum atomic E-state index is -0.900. The van der Waals surface area contributed by atoms with E-state index >= 15 is 0 Å². The van der Waals surface area contributed by atoms with Gasteiger partial charge in [-0.05, 0) is 50.6 Å². The van der Waals surface area contributed by atoms with E-state index in [-0.39, 0.29) is 24.2 Å². The number of halogens is 1. The SMILES string of the molecule is C[C@@H]1CN[C@H](c2ccc(-n3c(Cl)cc4c(=O)n(CC5(O)CCN(C)CC5)cnc43)cc2)CO1. The summed E-state index contributed by atoms with van der Waals surface area (Å²) in [6.07, 6.45) is 3.00. The predicted octanol–water partition coefficient (Wildman–Crippen LogP) is 2.35. The topological polar surface area (TPSA) is 84.5 Å². The molecule has 0 spiro atoms. The third-order valence-corrected chi connectivity index (χ3v) is 7.15. The van der Waals surface area contributed by atoms with Gasteiger partial charge in [0, 0.05) is 25.3 Å². The Morgan fingerprint density at radius 2 is 2.00 bits per heavy atom. The van der Waals surface area contributed by atoms with Crippen LogP contribution in [-0.2, 0) is 11.3 Å². The summed E-state index contributed by atoms with van der Waals surface area (Å²) in [7, 11) is 2.04. The summed E-state index contributed by atoms with van der Waals surface area (Å²) < 4.78 is 9.05. The van der Waals surface area contributed by atoms with E-state index in [0.29, 0.717) is 35.6 Å². The summed E-state index contributed by atoms with van der Waals surface area (Å²) in [4.78, 5) is 19.9. The molecule has 0 unspecified atom stereocenters. The van der Waals surface area contributed by atoms with Crippen LogP contribution in [0.15, 0.2) is 41.5 Å². The van der Waals surface area contributed by atoms with Gasteiger partial charge in [0.2, 0.25) is 0 Å². The van der Waals surface area contributed by atoms with Crippen LogP contribution in [0.4, 0.5) is 0 Å². The number of hydrogen-bond donors (Lipinski definition) is 2. The van der Waals surface area contributed by atoms with Crippen LogP contribution in [0.5, 0.6) is 0 Å². The lowest BCUT2D eigenvalue weighted by Gasteiger charge is -2.36. The molecule has 2 aliphatic heterocycles. The second-order valence-electron chi connectivity index (χ2n) is 9.44. The number of hydrogen-bond acceptors (Lipinski definition) is 6. The van der Waals surface area contributed by atoms with Crippen molar-refractivity contribution in [1.29, 1.82) is 0 Å². The van der Waals surface area contributed by atoms with Gasteiger partial charge in [0.25, 0.3) is 5.56 Å². The van der Waals surface area contributed by atoms with Gasteiger partial charge in [-0.3, -0.25) is 13.9 Å². The number of piperidine rings is 1. The highest BCUT2D eigenvalue weighted by Crippen LogP contribution is 2.27. The molecule has 2 fully saturated rings. The Bertz CT molecular complexity index is 1190. The maximum Gasteiger partial charge on any atom is 0.262 e. The molecule has 4 heterocycles. The Hall–Kier alpha value is -2.23. The smallest absolute Gasteiger partial charge is 0.262 e. The largest absolute Gasteiger partial charge is 0.388 e. The van der Waals surface area contributed by atoms with Crippen molar-refractivity contribution in [1.82, 2.24) is 24.3 Å². The summed E-state index contributed by atoms with van der Waals surface area (Å²) in [6, 6.07) is 9.87. The van der Waals surface area contributed by atoms with Crippen LogP contribution in [-0.4, -0.2) is 69.1 Å². The summed E-state index contributed by atoms with van der Waals surface area (Å²) >= 11 is 6.55. The predicted molar refractivity (Wildman–Crippen MR) is 128 cm³/mol. The fourth-order valence-corrected chi connectivity index (χ4v) is 5.00. The van der Waals surface area contributed by atoms with Crippen molar-refractivity contribution in [3.05, 3.63) is 57.7 Å². The number of aliphatic hydroxyl groups is 1. The molecule has 33 heavy (non-hydrogen) atoms. The number of morpholine rings is 1. The lowest BCUT2D eigenvalue weighted by atomic mass is 9.91. The summed E-state index contributed by atoms with van der Waals surface area (Å²) in [5.41, 5.74) is 1.39. The number of rotatable bonds is 4. The van der Waals surface area contributed by atoms with Gasteiger partial charge in [-0.25, -0.2) is 4.98 Å². The molecule has 3 aromatic rings. The molecule has 2 aliphatic rings. The monoisotopic (exact) mass is 471 g/mol. The Kier molecular flexibility index (Phi) is 6.05. The summed E-state index contributed by atoms with van der Waals surface area (Å²) in [5, 5.41) is 15.3. The lowest BCUT2D eigenvalue weighted by Crippen LogP contribution is -2.46. The Morgan fingerprint density at radius 1 is 1.27 bits per heavy atom. The van der Waals surface area contributed by atoms with Crippen molar-refractivity contribution in [3.8, 4) is 5.69 Å². The molecule has 0 aliphatic carbocycles. The van der Waals surface area contributed by atoms with Crippen LogP contribution < -0.4 is 10.9 Å². The zero-order valence-electron chi connectivity index (χ0n) is 19.0. The Balaban J connectivity index is 1.42. The first-order chi connectivity index (χ1) is 15.8. The number of aromatic nitrogens is 3. The minimum absolute atomic E-state index is 0.155. The molecule has 9 heteroatoms. The number of nitrogens with zero attached hydrogens (tertiary/aromatic N) is 4. The van der Waals surface area contributed by atoms with E-state index in [1.54, 1.807) is 10.6 Å². The van der Waals surface area contributed by atoms with Crippen molar-refractivity contribution >= 4 is 22.6 Å². The fraction of sp³-hybridized carbons (Fsp3) is 0.500. The van der Waals surface area contributed by atoms with Crippen LogP contribution in [0.25, 0.3) is 16.7 Å². The number of fused-ring (bicyclic) bond motifs is 1. The van der Waals surface area contributed by atoms with Gasteiger partial charge in [-0.15, -0.1) is 0 Å². The Labute approximate surface area is 197 Å².